The van der Waals surface area contributed by atoms with Crippen LogP contribution < -0.4 is 5.73 Å². The summed E-state index contributed by atoms with van der Waals surface area (Å²) in [5.41, 5.74) is 9.11. The molecule has 2 atom stereocenters. The third-order valence-corrected chi connectivity index (χ3v) is 4.34. The van der Waals surface area contributed by atoms with Gasteiger partial charge in [-0.15, -0.1) is 11.8 Å². The van der Waals surface area contributed by atoms with E-state index in [0.29, 0.717) is 5.25 Å². The lowest BCUT2D eigenvalue weighted by Gasteiger charge is -2.20. The van der Waals surface area contributed by atoms with Crippen LogP contribution >= 0.6 is 11.8 Å². The highest BCUT2D eigenvalue weighted by Gasteiger charge is 2.28. The van der Waals surface area contributed by atoms with Crippen LogP contribution in [-0.2, 0) is 5.41 Å². The van der Waals surface area contributed by atoms with E-state index in [1.807, 2.05) is 11.8 Å². The quantitative estimate of drug-likeness (QED) is 0.726. The SMILES string of the molecule is CC1Sc2ccc(C(C)(C)C)cc2C1N. The normalized spacial score (nSPS) is 25.4. The molecule has 1 aromatic carbocycles. The zero-order valence-electron chi connectivity index (χ0n) is 9.87. The second-order valence-corrected chi connectivity index (χ2v) is 6.77. The zero-order chi connectivity index (χ0) is 11.2. The molecule has 1 aliphatic heterocycles. The first-order chi connectivity index (χ1) is 6.89. The fourth-order valence-corrected chi connectivity index (χ4v) is 3.08. The van der Waals surface area contributed by atoms with Gasteiger partial charge >= 0.3 is 0 Å². The summed E-state index contributed by atoms with van der Waals surface area (Å²) in [7, 11) is 0. The number of fused-ring (bicyclic) bond motifs is 1. The first kappa shape index (κ1) is 11.0. The van der Waals surface area contributed by atoms with Crippen molar-refractivity contribution in [2.24, 2.45) is 5.73 Å². The highest BCUT2D eigenvalue weighted by Crippen LogP contribution is 2.43. The van der Waals surface area contributed by atoms with Crippen molar-refractivity contribution >= 4 is 11.8 Å². The Labute approximate surface area is 96.4 Å². The van der Waals surface area contributed by atoms with Crippen molar-refractivity contribution in [3.05, 3.63) is 29.3 Å². The van der Waals surface area contributed by atoms with Crippen molar-refractivity contribution in [1.82, 2.24) is 0 Å². The van der Waals surface area contributed by atoms with Gasteiger partial charge in [-0.05, 0) is 22.6 Å². The van der Waals surface area contributed by atoms with Crippen LogP contribution in [0.5, 0.6) is 0 Å². The summed E-state index contributed by atoms with van der Waals surface area (Å²) in [5, 5.41) is 0.509. The molecule has 2 unspecified atom stereocenters. The minimum Gasteiger partial charge on any atom is -0.323 e. The van der Waals surface area contributed by atoms with Crippen LogP contribution in [0.3, 0.4) is 0 Å². The van der Waals surface area contributed by atoms with Crippen molar-refractivity contribution < 1.29 is 0 Å². The van der Waals surface area contributed by atoms with Gasteiger partial charge in [0.2, 0.25) is 0 Å². The Morgan fingerprint density at radius 2 is 1.93 bits per heavy atom. The second-order valence-electron chi connectivity index (χ2n) is 5.35. The summed E-state index contributed by atoms with van der Waals surface area (Å²) < 4.78 is 0. The van der Waals surface area contributed by atoms with E-state index in [1.165, 1.54) is 16.0 Å². The molecule has 0 amide bonds. The lowest BCUT2D eigenvalue weighted by atomic mass is 9.85. The van der Waals surface area contributed by atoms with E-state index in [1.54, 1.807) is 0 Å². The molecule has 0 aliphatic carbocycles. The first-order valence-corrected chi connectivity index (χ1v) is 6.34. The zero-order valence-corrected chi connectivity index (χ0v) is 10.7. The van der Waals surface area contributed by atoms with Gasteiger partial charge in [-0.3, -0.25) is 0 Å². The molecule has 1 heterocycles. The van der Waals surface area contributed by atoms with Gasteiger partial charge in [0.25, 0.3) is 0 Å². The number of benzene rings is 1. The summed E-state index contributed by atoms with van der Waals surface area (Å²) in [4.78, 5) is 1.36. The molecule has 0 saturated carbocycles. The molecule has 1 aromatic rings. The molecule has 2 rings (SSSR count). The minimum absolute atomic E-state index is 0.201. The summed E-state index contributed by atoms with van der Waals surface area (Å²) in [6.45, 7) is 8.93. The maximum absolute atomic E-state index is 6.18. The maximum Gasteiger partial charge on any atom is 0.0427 e. The molecular formula is C13H19NS. The van der Waals surface area contributed by atoms with E-state index in [-0.39, 0.29) is 11.5 Å². The van der Waals surface area contributed by atoms with Gasteiger partial charge in [0.05, 0.1) is 0 Å². The van der Waals surface area contributed by atoms with Gasteiger partial charge in [-0.25, -0.2) is 0 Å². The fraction of sp³-hybridized carbons (Fsp3) is 0.538. The summed E-state index contributed by atoms with van der Waals surface area (Å²) in [5.74, 6) is 0. The van der Waals surface area contributed by atoms with Crippen molar-refractivity contribution in [2.45, 2.75) is 49.3 Å². The third-order valence-electron chi connectivity index (χ3n) is 3.05. The van der Waals surface area contributed by atoms with Crippen LogP contribution in [-0.4, -0.2) is 5.25 Å². The van der Waals surface area contributed by atoms with E-state index in [2.05, 4.69) is 45.9 Å². The smallest absolute Gasteiger partial charge is 0.0427 e. The van der Waals surface area contributed by atoms with E-state index < -0.39 is 0 Å². The second kappa shape index (κ2) is 3.53. The van der Waals surface area contributed by atoms with Crippen molar-refractivity contribution in [1.29, 1.82) is 0 Å². The van der Waals surface area contributed by atoms with E-state index in [9.17, 15) is 0 Å². The summed E-state index contributed by atoms with van der Waals surface area (Å²) in [6.07, 6.45) is 0. The average Bonchev–Trinajstić information content (AvgIpc) is 2.41. The minimum atomic E-state index is 0.201. The number of hydrogen-bond donors (Lipinski definition) is 1. The number of thioether (sulfide) groups is 1. The summed E-state index contributed by atoms with van der Waals surface area (Å²) >= 11 is 1.89. The topological polar surface area (TPSA) is 26.0 Å². The van der Waals surface area contributed by atoms with Crippen LogP contribution in [0, 0.1) is 0 Å². The molecule has 0 bridgehead atoms. The molecule has 82 valence electrons. The molecule has 1 aliphatic rings. The van der Waals surface area contributed by atoms with Crippen molar-refractivity contribution in [3.63, 3.8) is 0 Å². The molecule has 1 nitrogen and oxygen atoms in total. The van der Waals surface area contributed by atoms with Gasteiger partial charge < -0.3 is 5.73 Å². The lowest BCUT2D eigenvalue weighted by Crippen LogP contribution is -2.17. The largest absolute Gasteiger partial charge is 0.323 e. The van der Waals surface area contributed by atoms with Gasteiger partial charge in [-0.1, -0.05) is 39.8 Å². The average molecular weight is 221 g/mol. The van der Waals surface area contributed by atoms with Crippen LogP contribution in [0.15, 0.2) is 23.1 Å². The predicted octanol–water partition coefficient (Wildman–Crippen LogP) is 3.48. The monoisotopic (exact) mass is 221 g/mol. The highest BCUT2D eigenvalue weighted by atomic mass is 32.2. The van der Waals surface area contributed by atoms with Crippen molar-refractivity contribution in [3.8, 4) is 0 Å². The van der Waals surface area contributed by atoms with E-state index >= 15 is 0 Å². The fourth-order valence-electron chi connectivity index (χ4n) is 1.91. The van der Waals surface area contributed by atoms with E-state index in [4.69, 9.17) is 5.73 Å². The number of nitrogens with two attached hydrogens (primary N) is 1. The van der Waals surface area contributed by atoms with Crippen LogP contribution in [0.1, 0.15) is 44.9 Å². The van der Waals surface area contributed by atoms with Crippen LogP contribution in [0.25, 0.3) is 0 Å². The Balaban J connectivity index is 2.44. The molecule has 0 radical (unpaired) electrons. The first-order valence-electron chi connectivity index (χ1n) is 5.46. The molecule has 15 heavy (non-hydrogen) atoms. The Morgan fingerprint density at radius 1 is 1.27 bits per heavy atom. The van der Waals surface area contributed by atoms with Gasteiger partial charge in [0, 0.05) is 16.2 Å². The van der Waals surface area contributed by atoms with Crippen LogP contribution in [0.2, 0.25) is 0 Å². The molecule has 0 saturated heterocycles. The predicted molar refractivity (Wildman–Crippen MR) is 67.4 cm³/mol. The lowest BCUT2D eigenvalue weighted by molar-refractivity contribution is 0.586. The van der Waals surface area contributed by atoms with E-state index in [0.717, 1.165) is 0 Å². The van der Waals surface area contributed by atoms with Crippen molar-refractivity contribution in [2.75, 3.05) is 0 Å². The molecule has 0 aromatic heterocycles. The number of rotatable bonds is 0. The molecule has 2 heteroatoms. The molecule has 2 N–H and O–H groups in total. The van der Waals surface area contributed by atoms with Gasteiger partial charge in [0.1, 0.15) is 0 Å². The van der Waals surface area contributed by atoms with Crippen LogP contribution in [0.4, 0.5) is 0 Å². The van der Waals surface area contributed by atoms with Gasteiger partial charge in [0.15, 0.2) is 0 Å². The van der Waals surface area contributed by atoms with Gasteiger partial charge in [-0.2, -0.15) is 0 Å². The summed E-state index contributed by atoms with van der Waals surface area (Å²) in [6, 6.07) is 6.95. The maximum atomic E-state index is 6.18. The molecule has 0 fully saturated rings. The molecule has 0 spiro atoms. The third kappa shape index (κ3) is 1.93. The molecular weight excluding hydrogens is 202 g/mol. The Kier molecular flexibility index (Phi) is 2.60. The number of hydrogen-bond acceptors (Lipinski definition) is 2. The standard InChI is InChI=1S/C13H19NS/c1-8-12(14)10-7-9(13(2,3)4)5-6-11(10)15-8/h5-8,12H,14H2,1-4H3. The Bertz CT molecular complexity index is 379. The Morgan fingerprint density at radius 3 is 2.53 bits per heavy atom. The Hall–Kier alpha value is -0.470. The highest BCUT2D eigenvalue weighted by molar-refractivity contribution is 8.00.